The Bertz CT molecular complexity index is 530. The molecule has 108 valence electrons. The van der Waals surface area contributed by atoms with E-state index in [4.69, 9.17) is 4.98 Å². The van der Waals surface area contributed by atoms with Gasteiger partial charge in [-0.2, -0.15) is 0 Å². The van der Waals surface area contributed by atoms with Gasteiger partial charge < -0.3 is 0 Å². The SMILES string of the molecule is CCCCCc1ccc2c(CCCCC)cccc2n1. The molecule has 0 fully saturated rings. The average molecular weight is 269 g/mol. The van der Waals surface area contributed by atoms with E-state index >= 15 is 0 Å². The average Bonchev–Trinajstić information content (AvgIpc) is 2.48. The Balaban J connectivity index is 2.13. The fourth-order valence-corrected chi connectivity index (χ4v) is 2.74. The lowest BCUT2D eigenvalue weighted by Gasteiger charge is -2.08. The predicted octanol–water partition coefficient (Wildman–Crippen LogP) is 5.70. The molecule has 0 N–H and O–H groups in total. The van der Waals surface area contributed by atoms with Crippen LogP contribution in [0.4, 0.5) is 0 Å². The van der Waals surface area contributed by atoms with Gasteiger partial charge in [-0.15, -0.1) is 0 Å². The number of benzene rings is 1. The van der Waals surface area contributed by atoms with Crippen molar-refractivity contribution in [3.8, 4) is 0 Å². The highest BCUT2D eigenvalue weighted by molar-refractivity contribution is 5.82. The fourth-order valence-electron chi connectivity index (χ4n) is 2.74. The van der Waals surface area contributed by atoms with E-state index in [1.165, 1.54) is 67.1 Å². The van der Waals surface area contributed by atoms with Gasteiger partial charge in [0.15, 0.2) is 0 Å². The zero-order chi connectivity index (χ0) is 14.2. The molecule has 0 bridgehead atoms. The van der Waals surface area contributed by atoms with E-state index in [1.807, 2.05) is 0 Å². The number of hydrogen-bond donors (Lipinski definition) is 0. The van der Waals surface area contributed by atoms with Crippen molar-refractivity contribution in [2.45, 2.75) is 65.2 Å². The third-order valence-corrected chi connectivity index (χ3v) is 3.97. The highest BCUT2D eigenvalue weighted by atomic mass is 14.7. The van der Waals surface area contributed by atoms with Crippen LogP contribution in [0.1, 0.15) is 63.6 Å². The molecule has 1 heteroatoms. The van der Waals surface area contributed by atoms with Crippen molar-refractivity contribution in [3.05, 3.63) is 41.6 Å². The standard InChI is InChI=1S/C19H27N/c1-3-5-7-10-16-11-9-13-19-18(16)15-14-17(20-19)12-8-6-4-2/h9,11,13-15H,3-8,10,12H2,1-2H3. The summed E-state index contributed by atoms with van der Waals surface area (Å²) in [7, 11) is 0. The monoisotopic (exact) mass is 269 g/mol. The van der Waals surface area contributed by atoms with Crippen LogP contribution in [0.15, 0.2) is 30.3 Å². The van der Waals surface area contributed by atoms with E-state index in [0.29, 0.717) is 0 Å². The Morgan fingerprint density at radius 3 is 2.30 bits per heavy atom. The lowest BCUT2D eigenvalue weighted by atomic mass is 10.0. The van der Waals surface area contributed by atoms with Gasteiger partial charge in [-0.3, -0.25) is 4.98 Å². The van der Waals surface area contributed by atoms with Gasteiger partial charge in [-0.05, 0) is 43.4 Å². The van der Waals surface area contributed by atoms with Crippen LogP contribution in [-0.2, 0) is 12.8 Å². The van der Waals surface area contributed by atoms with Gasteiger partial charge in [0.05, 0.1) is 5.52 Å². The molecular weight excluding hydrogens is 242 g/mol. The maximum atomic E-state index is 4.84. The minimum Gasteiger partial charge on any atom is -0.253 e. The first-order valence-electron chi connectivity index (χ1n) is 8.22. The molecule has 0 amide bonds. The fraction of sp³-hybridized carbons (Fsp3) is 0.526. The molecule has 0 unspecified atom stereocenters. The smallest absolute Gasteiger partial charge is 0.0708 e. The summed E-state index contributed by atoms with van der Waals surface area (Å²) in [5, 5.41) is 1.35. The number of unbranched alkanes of at least 4 members (excludes halogenated alkanes) is 4. The van der Waals surface area contributed by atoms with Gasteiger partial charge in [-0.25, -0.2) is 0 Å². The van der Waals surface area contributed by atoms with E-state index in [9.17, 15) is 0 Å². The quantitative estimate of drug-likeness (QED) is 0.560. The minimum atomic E-state index is 1.11. The van der Waals surface area contributed by atoms with Gasteiger partial charge >= 0.3 is 0 Å². The summed E-state index contributed by atoms with van der Waals surface area (Å²) in [5.74, 6) is 0. The van der Waals surface area contributed by atoms with Crippen LogP contribution in [0.25, 0.3) is 10.9 Å². The van der Waals surface area contributed by atoms with Gasteiger partial charge in [0.25, 0.3) is 0 Å². The molecule has 20 heavy (non-hydrogen) atoms. The molecule has 0 aliphatic heterocycles. The van der Waals surface area contributed by atoms with E-state index in [0.717, 1.165) is 6.42 Å². The summed E-state index contributed by atoms with van der Waals surface area (Å²) in [5.41, 5.74) is 3.88. The van der Waals surface area contributed by atoms with Gasteiger partial charge in [-0.1, -0.05) is 57.7 Å². The second-order valence-electron chi connectivity index (χ2n) is 5.70. The number of pyridine rings is 1. The normalized spacial score (nSPS) is 11.1. The highest BCUT2D eigenvalue weighted by Gasteiger charge is 2.03. The lowest BCUT2D eigenvalue weighted by Crippen LogP contribution is -1.94. The molecule has 1 aromatic heterocycles. The number of aryl methyl sites for hydroxylation is 2. The second-order valence-corrected chi connectivity index (χ2v) is 5.70. The first kappa shape index (κ1) is 15.0. The first-order chi connectivity index (χ1) is 9.85. The van der Waals surface area contributed by atoms with E-state index in [-0.39, 0.29) is 0 Å². The molecule has 0 aliphatic rings. The predicted molar refractivity (Wildman–Crippen MR) is 88.2 cm³/mol. The number of rotatable bonds is 8. The minimum absolute atomic E-state index is 1.11. The van der Waals surface area contributed by atoms with Crippen LogP contribution in [0.2, 0.25) is 0 Å². The Morgan fingerprint density at radius 1 is 0.800 bits per heavy atom. The number of fused-ring (bicyclic) bond motifs is 1. The molecule has 0 aliphatic carbocycles. The maximum Gasteiger partial charge on any atom is 0.0708 e. The summed E-state index contributed by atoms with van der Waals surface area (Å²) < 4.78 is 0. The van der Waals surface area contributed by atoms with Crippen molar-refractivity contribution in [1.82, 2.24) is 4.98 Å². The Morgan fingerprint density at radius 2 is 1.55 bits per heavy atom. The van der Waals surface area contributed by atoms with Crippen LogP contribution >= 0.6 is 0 Å². The summed E-state index contributed by atoms with van der Waals surface area (Å²) in [6, 6.07) is 11.1. The molecule has 1 nitrogen and oxygen atoms in total. The topological polar surface area (TPSA) is 12.9 Å². The Kier molecular flexibility index (Phi) is 6.04. The van der Waals surface area contributed by atoms with E-state index in [1.54, 1.807) is 0 Å². The molecule has 0 spiro atoms. The van der Waals surface area contributed by atoms with Crippen molar-refractivity contribution in [3.63, 3.8) is 0 Å². The molecule has 0 radical (unpaired) electrons. The molecule has 1 heterocycles. The molecule has 2 aromatic rings. The molecular formula is C19H27N. The van der Waals surface area contributed by atoms with Crippen LogP contribution < -0.4 is 0 Å². The largest absolute Gasteiger partial charge is 0.253 e. The maximum absolute atomic E-state index is 4.84. The van der Waals surface area contributed by atoms with E-state index < -0.39 is 0 Å². The summed E-state index contributed by atoms with van der Waals surface area (Å²) in [4.78, 5) is 4.84. The summed E-state index contributed by atoms with van der Waals surface area (Å²) >= 11 is 0. The zero-order valence-electron chi connectivity index (χ0n) is 13.0. The highest BCUT2D eigenvalue weighted by Crippen LogP contribution is 2.20. The van der Waals surface area contributed by atoms with Crippen molar-refractivity contribution in [1.29, 1.82) is 0 Å². The van der Waals surface area contributed by atoms with Gasteiger partial charge in [0, 0.05) is 11.1 Å². The Hall–Kier alpha value is -1.37. The lowest BCUT2D eigenvalue weighted by molar-refractivity contribution is 0.708. The van der Waals surface area contributed by atoms with Crippen molar-refractivity contribution in [2.24, 2.45) is 0 Å². The molecule has 1 aromatic carbocycles. The van der Waals surface area contributed by atoms with Crippen molar-refractivity contribution >= 4 is 10.9 Å². The molecule has 2 rings (SSSR count). The summed E-state index contributed by atoms with van der Waals surface area (Å²) in [6.45, 7) is 4.50. The first-order valence-corrected chi connectivity index (χ1v) is 8.22. The van der Waals surface area contributed by atoms with Crippen LogP contribution in [0.5, 0.6) is 0 Å². The second kappa shape index (κ2) is 8.04. The summed E-state index contributed by atoms with van der Waals surface area (Å²) in [6.07, 6.45) is 10.0. The zero-order valence-corrected chi connectivity index (χ0v) is 13.0. The molecule has 0 saturated carbocycles. The molecule has 0 atom stereocenters. The Labute approximate surface area is 123 Å². The number of aromatic nitrogens is 1. The third kappa shape index (κ3) is 4.06. The van der Waals surface area contributed by atoms with E-state index in [2.05, 4.69) is 44.2 Å². The van der Waals surface area contributed by atoms with Crippen LogP contribution in [-0.4, -0.2) is 4.98 Å². The van der Waals surface area contributed by atoms with Crippen LogP contribution in [0, 0.1) is 0 Å². The van der Waals surface area contributed by atoms with Crippen molar-refractivity contribution < 1.29 is 0 Å². The number of nitrogens with zero attached hydrogens (tertiary/aromatic N) is 1. The van der Waals surface area contributed by atoms with Gasteiger partial charge in [0.2, 0.25) is 0 Å². The number of hydrogen-bond acceptors (Lipinski definition) is 1. The molecule has 0 saturated heterocycles. The van der Waals surface area contributed by atoms with Crippen LogP contribution in [0.3, 0.4) is 0 Å². The van der Waals surface area contributed by atoms with Gasteiger partial charge in [0.1, 0.15) is 0 Å². The van der Waals surface area contributed by atoms with Crippen molar-refractivity contribution in [2.75, 3.05) is 0 Å². The third-order valence-electron chi connectivity index (χ3n) is 3.97.